The summed E-state index contributed by atoms with van der Waals surface area (Å²) in [5.74, 6) is 2.54. The number of carbonyl (C=O) groups excluding carboxylic acids is 1. The van der Waals surface area contributed by atoms with Crippen molar-refractivity contribution in [2.24, 2.45) is 34.5 Å². The predicted octanol–water partition coefficient (Wildman–Crippen LogP) is 1.41. The molecule has 7 heteroatoms. The van der Waals surface area contributed by atoms with Gasteiger partial charge >= 0.3 is 5.97 Å². The molecule has 6 rings (SSSR count). The molecule has 4 saturated carbocycles. The molecule has 0 spiro atoms. The molecule has 0 aromatic heterocycles. The van der Waals surface area contributed by atoms with Gasteiger partial charge in [0.2, 0.25) is 0 Å². The zero-order valence-electron chi connectivity index (χ0n) is 24.7. The van der Waals surface area contributed by atoms with Crippen molar-refractivity contribution in [2.75, 3.05) is 45.9 Å². The van der Waals surface area contributed by atoms with E-state index in [1.165, 1.54) is 51.6 Å². The van der Waals surface area contributed by atoms with E-state index in [9.17, 15) is 9.90 Å². The summed E-state index contributed by atoms with van der Waals surface area (Å²) in [6, 6.07) is 0.663. The average Bonchev–Trinajstić information content (AvgIpc) is 3.48. The summed E-state index contributed by atoms with van der Waals surface area (Å²) in [5, 5.41) is 11.3. The Hall–Kier alpha value is -0.470. The Bertz CT molecular complexity index is 905. The van der Waals surface area contributed by atoms with Gasteiger partial charge in [0.25, 0.3) is 0 Å². The molecule has 0 aromatic carbocycles. The molecule has 222 valence electrons. The summed E-state index contributed by atoms with van der Waals surface area (Å²) in [4.78, 5) is 15.0. The first kappa shape index (κ1) is 30.0. The highest BCUT2D eigenvalue weighted by Crippen LogP contribution is 2.67. The zero-order chi connectivity index (χ0) is 26.7. The number of aliphatic hydroxyl groups is 1. The first-order chi connectivity index (χ1) is 18.2. The molecule has 4 aliphatic carbocycles. The molecule has 0 aromatic rings. The Balaban J connectivity index is 0.00000308. The highest BCUT2D eigenvalue weighted by Gasteiger charge is 2.67. The molecule has 6 nitrogen and oxygen atoms in total. The van der Waals surface area contributed by atoms with Crippen LogP contribution in [0, 0.1) is 34.5 Å². The number of aliphatic hydroxyl groups excluding tert-OH is 1. The lowest BCUT2D eigenvalue weighted by molar-refractivity contribution is -0.937. The molecule has 6 fully saturated rings. The van der Waals surface area contributed by atoms with Gasteiger partial charge in [-0.15, -0.1) is 0 Å². The zero-order valence-corrected chi connectivity index (χ0v) is 26.2. The first-order valence-electron chi connectivity index (χ1n) is 15.9. The third-order valence-corrected chi connectivity index (χ3v) is 13.1. The fourth-order valence-electron chi connectivity index (χ4n) is 11.3. The summed E-state index contributed by atoms with van der Waals surface area (Å²) in [6.07, 6.45) is 12.7. The number of ether oxygens (including phenoxy) is 2. The van der Waals surface area contributed by atoms with Crippen molar-refractivity contribution >= 4 is 5.97 Å². The van der Waals surface area contributed by atoms with Gasteiger partial charge in [0.05, 0.1) is 39.0 Å². The number of nitrogens with zero attached hydrogens (tertiary/aromatic N) is 2. The number of carbonyl (C=O) groups is 1. The number of morpholine rings is 1. The number of esters is 1. The smallest absolute Gasteiger partial charge is 0.303 e. The third-order valence-electron chi connectivity index (χ3n) is 13.1. The van der Waals surface area contributed by atoms with E-state index in [2.05, 4.69) is 31.4 Å². The van der Waals surface area contributed by atoms with Gasteiger partial charge in [0.15, 0.2) is 6.10 Å². The number of likely N-dealkylation sites (tertiary alicyclic amines) is 1. The van der Waals surface area contributed by atoms with Crippen LogP contribution in [0.1, 0.15) is 78.6 Å². The number of rotatable bonds is 5. The Labute approximate surface area is 247 Å². The molecule has 0 amide bonds. The monoisotopic (exact) mass is 608 g/mol. The average molecular weight is 610 g/mol. The molecular weight excluding hydrogens is 556 g/mol. The lowest BCUT2D eigenvalue weighted by atomic mass is 9.44. The summed E-state index contributed by atoms with van der Waals surface area (Å²) >= 11 is 0. The summed E-state index contributed by atoms with van der Waals surface area (Å²) < 4.78 is 13.1. The van der Waals surface area contributed by atoms with Gasteiger partial charge in [-0.25, -0.2) is 0 Å². The van der Waals surface area contributed by atoms with Crippen LogP contribution in [0.5, 0.6) is 0 Å². The van der Waals surface area contributed by atoms with E-state index < -0.39 is 0 Å². The van der Waals surface area contributed by atoms with E-state index in [1.54, 1.807) is 6.92 Å². The first-order valence-corrected chi connectivity index (χ1v) is 15.9. The molecule has 10 atom stereocenters. The van der Waals surface area contributed by atoms with E-state index in [4.69, 9.17) is 9.47 Å². The van der Waals surface area contributed by atoms with Crippen LogP contribution in [-0.2, 0) is 14.3 Å². The maximum Gasteiger partial charge on any atom is 0.303 e. The van der Waals surface area contributed by atoms with Crippen molar-refractivity contribution in [3.05, 3.63) is 12.7 Å². The van der Waals surface area contributed by atoms with E-state index in [0.717, 1.165) is 56.6 Å². The molecule has 1 N–H and O–H groups in total. The highest BCUT2D eigenvalue weighted by molar-refractivity contribution is 5.66. The molecule has 6 aliphatic rings. The molecule has 0 bridgehead atoms. The fourth-order valence-corrected chi connectivity index (χ4v) is 11.3. The normalized spacial score (nSPS) is 47.3. The molecular formula is C32H53BrN2O4. The third kappa shape index (κ3) is 4.88. The minimum Gasteiger partial charge on any atom is -1.00 e. The van der Waals surface area contributed by atoms with E-state index in [-0.39, 0.29) is 52.0 Å². The molecule has 39 heavy (non-hydrogen) atoms. The maximum atomic E-state index is 12.5. The van der Waals surface area contributed by atoms with Crippen LogP contribution in [0.2, 0.25) is 0 Å². The minimum atomic E-state index is -0.209. The van der Waals surface area contributed by atoms with Gasteiger partial charge in [0.1, 0.15) is 6.04 Å². The van der Waals surface area contributed by atoms with Crippen molar-refractivity contribution in [3.63, 3.8) is 0 Å². The van der Waals surface area contributed by atoms with Gasteiger partial charge in [-0.05, 0) is 73.7 Å². The lowest BCUT2D eigenvalue weighted by Crippen LogP contribution is -3.00. The van der Waals surface area contributed by atoms with Crippen molar-refractivity contribution < 1.29 is 40.8 Å². The summed E-state index contributed by atoms with van der Waals surface area (Å²) in [6.45, 7) is 17.7. The van der Waals surface area contributed by atoms with E-state index >= 15 is 0 Å². The van der Waals surface area contributed by atoms with Crippen LogP contribution in [0.15, 0.2) is 12.7 Å². The fraction of sp³-hybridized carbons (Fsp3) is 0.906. The Morgan fingerprint density at radius 3 is 2.49 bits per heavy atom. The second-order valence-corrected chi connectivity index (χ2v) is 14.6. The number of hydrogen-bond donors (Lipinski definition) is 1. The van der Waals surface area contributed by atoms with Gasteiger partial charge in [-0.2, -0.15) is 0 Å². The van der Waals surface area contributed by atoms with Crippen LogP contribution in [0.3, 0.4) is 0 Å². The number of quaternary nitrogens is 1. The van der Waals surface area contributed by atoms with E-state index in [1.807, 2.05) is 0 Å². The van der Waals surface area contributed by atoms with Crippen LogP contribution >= 0.6 is 0 Å². The minimum absolute atomic E-state index is 0. The molecule has 0 radical (unpaired) electrons. The van der Waals surface area contributed by atoms with Crippen molar-refractivity contribution in [3.8, 4) is 0 Å². The Morgan fingerprint density at radius 2 is 1.82 bits per heavy atom. The maximum absolute atomic E-state index is 12.5. The van der Waals surface area contributed by atoms with Gasteiger partial charge in [0, 0.05) is 50.7 Å². The standard InChI is InChI=1S/C32H53N2O4.BrH/c1-5-14-34(15-6-7-16-34)28-20-26-24-9-8-23-19-29(36)27(33-12-17-37-18-13-33)21-32(23,4)25(24)10-11-31(26,3)30(28)38-22(2)35;/h5,23-30,36H,1,6-21H2,2-4H3;1H/q+1;/p-1/t23-,24-,25+,26+,27+,28+,29+,30+,31+,32+;/m1./s1. The van der Waals surface area contributed by atoms with Crippen molar-refractivity contribution in [1.29, 1.82) is 0 Å². The van der Waals surface area contributed by atoms with Gasteiger partial charge < -0.3 is 36.0 Å². The molecule has 0 unspecified atom stereocenters. The molecule has 2 saturated heterocycles. The second-order valence-electron chi connectivity index (χ2n) is 14.6. The number of halogens is 1. The van der Waals surface area contributed by atoms with Crippen molar-refractivity contribution in [2.45, 2.75) is 103 Å². The summed E-state index contributed by atoms with van der Waals surface area (Å²) in [5.41, 5.74) is 0.343. The number of hydrogen-bond acceptors (Lipinski definition) is 5. The quantitative estimate of drug-likeness (QED) is 0.291. The van der Waals surface area contributed by atoms with Crippen LogP contribution in [0.25, 0.3) is 0 Å². The summed E-state index contributed by atoms with van der Waals surface area (Å²) in [7, 11) is 0. The molecule has 2 heterocycles. The predicted molar refractivity (Wildman–Crippen MR) is 148 cm³/mol. The van der Waals surface area contributed by atoms with Crippen molar-refractivity contribution in [1.82, 2.24) is 4.90 Å². The topological polar surface area (TPSA) is 59.0 Å². The van der Waals surface area contributed by atoms with Gasteiger partial charge in [-0.1, -0.05) is 20.4 Å². The highest BCUT2D eigenvalue weighted by atomic mass is 79.9. The largest absolute Gasteiger partial charge is 1.00 e. The Kier molecular flexibility index (Phi) is 8.70. The van der Waals surface area contributed by atoms with Crippen LogP contribution < -0.4 is 17.0 Å². The van der Waals surface area contributed by atoms with Crippen LogP contribution in [-0.4, -0.2) is 90.7 Å². The molecule has 2 aliphatic heterocycles. The van der Waals surface area contributed by atoms with Crippen LogP contribution in [0.4, 0.5) is 0 Å². The van der Waals surface area contributed by atoms with Gasteiger partial charge in [-0.3, -0.25) is 9.69 Å². The SMILES string of the molecule is C=CC[N+]1([C@H]2C[C@H]3[C@@H]4CC[C@@H]5C[C@H](O)[C@@H](N6CCOCC6)C[C@]5(C)[C@H]4CC[C@]3(C)[C@H]2OC(C)=O)CCCC1.[Br-]. The van der Waals surface area contributed by atoms with E-state index in [0.29, 0.717) is 29.7 Å². The second kappa shape index (κ2) is 11.3. The number of fused-ring (bicyclic) bond motifs is 5. The Morgan fingerprint density at radius 1 is 1.10 bits per heavy atom. The lowest BCUT2D eigenvalue weighted by Gasteiger charge is -2.62.